The van der Waals surface area contributed by atoms with Crippen LogP contribution in [0, 0.1) is 5.92 Å². The first-order valence-electron chi connectivity index (χ1n) is 8.15. The van der Waals surface area contributed by atoms with Crippen LogP contribution in [0.3, 0.4) is 0 Å². The van der Waals surface area contributed by atoms with E-state index in [1.54, 1.807) is 18.2 Å². The van der Waals surface area contributed by atoms with Crippen molar-refractivity contribution in [1.29, 1.82) is 0 Å². The third kappa shape index (κ3) is 3.55. The molecule has 2 aromatic carbocycles. The van der Waals surface area contributed by atoms with Crippen LogP contribution >= 0.6 is 0 Å². The van der Waals surface area contributed by atoms with Gasteiger partial charge in [0, 0.05) is 10.9 Å². The first kappa shape index (κ1) is 16.8. The molecule has 1 aromatic heterocycles. The van der Waals surface area contributed by atoms with E-state index in [2.05, 4.69) is 5.32 Å². The molecule has 5 heteroatoms. The molecule has 0 radical (unpaired) electrons. The van der Waals surface area contributed by atoms with Crippen LogP contribution in [0.5, 0.6) is 0 Å². The van der Waals surface area contributed by atoms with Gasteiger partial charge in [0.15, 0.2) is 5.76 Å². The van der Waals surface area contributed by atoms with Crippen molar-refractivity contribution in [3.05, 3.63) is 71.5 Å². The molecule has 0 saturated heterocycles. The Balaban J connectivity index is 1.83. The van der Waals surface area contributed by atoms with Crippen LogP contribution < -0.4 is 11.1 Å². The quantitative estimate of drug-likeness (QED) is 0.745. The Kier molecular flexibility index (Phi) is 4.57. The summed E-state index contributed by atoms with van der Waals surface area (Å²) in [4.78, 5) is 23.8. The number of benzene rings is 2. The summed E-state index contributed by atoms with van der Waals surface area (Å²) in [7, 11) is 0. The third-order valence-corrected chi connectivity index (χ3v) is 4.16. The van der Waals surface area contributed by atoms with Gasteiger partial charge in [-0.15, -0.1) is 0 Å². The van der Waals surface area contributed by atoms with E-state index in [1.165, 1.54) is 0 Å². The van der Waals surface area contributed by atoms with Crippen molar-refractivity contribution in [3.63, 3.8) is 0 Å². The smallest absolute Gasteiger partial charge is 0.287 e. The number of furan rings is 1. The van der Waals surface area contributed by atoms with Gasteiger partial charge < -0.3 is 15.5 Å². The summed E-state index contributed by atoms with van der Waals surface area (Å²) < 4.78 is 5.62. The van der Waals surface area contributed by atoms with E-state index < -0.39 is 5.91 Å². The molecule has 0 fully saturated rings. The van der Waals surface area contributed by atoms with Gasteiger partial charge in [0.2, 0.25) is 5.91 Å². The fourth-order valence-electron chi connectivity index (χ4n) is 2.80. The molecule has 0 aliphatic rings. The molecule has 0 saturated carbocycles. The number of carbonyl (C=O) groups excluding carboxylic acids is 2. The van der Waals surface area contributed by atoms with E-state index in [-0.39, 0.29) is 23.6 Å². The number of carbonyl (C=O) groups is 2. The topological polar surface area (TPSA) is 85.3 Å². The van der Waals surface area contributed by atoms with Crippen molar-refractivity contribution in [2.24, 2.45) is 11.7 Å². The van der Waals surface area contributed by atoms with E-state index >= 15 is 0 Å². The number of fused-ring (bicyclic) bond motifs is 1. The fraction of sp³-hybridized carbons (Fsp3) is 0.200. The maximum Gasteiger partial charge on any atom is 0.287 e. The first-order valence-corrected chi connectivity index (χ1v) is 8.15. The van der Waals surface area contributed by atoms with E-state index in [0.717, 1.165) is 10.9 Å². The molecule has 0 aliphatic heterocycles. The summed E-state index contributed by atoms with van der Waals surface area (Å²) in [6.45, 7) is 4.04. The molecular formula is C20H20N2O3. The lowest BCUT2D eigenvalue weighted by molar-refractivity contribution is 0.0898. The Labute approximate surface area is 145 Å². The van der Waals surface area contributed by atoms with Crippen molar-refractivity contribution >= 4 is 22.8 Å². The van der Waals surface area contributed by atoms with Crippen molar-refractivity contribution in [2.75, 3.05) is 0 Å². The van der Waals surface area contributed by atoms with Gasteiger partial charge in [-0.25, -0.2) is 0 Å². The van der Waals surface area contributed by atoms with Gasteiger partial charge in [0.05, 0.1) is 6.04 Å². The number of hydrogen-bond donors (Lipinski definition) is 2. The molecule has 1 heterocycles. The van der Waals surface area contributed by atoms with E-state index in [0.29, 0.717) is 11.1 Å². The summed E-state index contributed by atoms with van der Waals surface area (Å²) in [6.07, 6.45) is 0. The highest BCUT2D eigenvalue weighted by atomic mass is 16.3. The average Bonchev–Trinajstić information content (AvgIpc) is 3.03. The highest BCUT2D eigenvalue weighted by Crippen LogP contribution is 2.24. The molecule has 0 spiro atoms. The Morgan fingerprint density at radius 2 is 1.72 bits per heavy atom. The molecule has 1 atom stereocenters. The average molecular weight is 336 g/mol. The monoisotopic (exact) mass is 336 g/mol. The second-order valence-electron chi connectivity index (χ2n) is 6.33. The Morgan fingerprint density at radius 1 is 1.04 bits per heavy atom. The molecule has 0 bridgehead atoms. The fourth-order valence-corrected chi connectivity index (χ4v) is 2.80. The molecule has 128 valence electrons. The largest absolute Gasteiger partial charge is 0.451 e. The van der Waals surface area contributed by atoms with Gasteiger partial charge in [-0.05, 0) is 35.7 Å². The van der Waals surface area contributed by atoms with Gasteiger partial charge in [-0.3, -0.25) is 9.59 Å². The summed E-state index contributed by atoms with van der Waals surface area (Å²) in [5.41, 5.74) is 7.30. The molecule has 25 heavy (non-hydrogen) atoms. The molecule has 2 amide bonds. The zero-order valence-corrected chi connectivity index (χ0v) is 14.2. The predicted octanol–water partition coefficient (Wildman–Crippen LogP) is 3.66. The number of rotatable bonds is 5. The van der Waals surface area contributed by atoms with Crippen LogP contribution in [0.15, 0.2) is 59.0 Å². The van der Waals surface area contributed by atoms with Gasteiger partial charge in [-0.2, -0.15) is 0 Å². The maximum atomic E-state index is 12.6. The van der Waals surface area contributed by atoms with Crippen molar-refractivity contribution in [1.82, 2.24) is 5.32 Å². The molecule has 3 rings (SSSR count). The maximum absolute atomic E-state index is 12.6. The highest BCUT2D eigenvalue weighted by molar-refractivity contribution is 5.96. The normalized spacial score (nSPS) is 12.3. The standard InChI is InChI=1S/C20H20N2O3/c1-12(2)18(13-7-9-14(10-8-13)19(21)23)22-20(24)17-11-15-5-3-4-6-16(15)25-17/h3-12,18H,1-2H3,(H2,21,23)(H,22,24)/t18-/m1/s1. The number of hydrogen-bond acceptors (Lipinski definition) is 3. The third-order valence-electron chi connectivity index (χ3n) is 4.16. The minimum Gasteiger partial charge on any atom is -0.451 e. The lowest BCUT2D eigenvalue weighted by atomic mass is 9.95. The van der Waals surface area contributed by atoms with E-state index in [4.69, 9.17) is 10.2 Å². The van der Waals surface area contributed by atoms with Gasteiger partial charge >= 0.3 is 0 Å². The van der Waals surface area contributed by atoms with Crippen molar-refractivity contribution in [3.8, 4) is 0 Å². The number of nitrogens with two attached hydrogens (primary N) is 1. The molecule has 0 unspecified atom stereocenters. The zero-order chi connectivity index (χ0) is 18.0. The van der Waals surface area contributed by atoms with Crippen LogP contribution in [0.4, 0.5) is 0 Å². The molecule has 5 nitrogen and oxygen atoms in total. The summed E-state index contributed by atoms with van der Waals surface area (Å²) in [5.74, 6) is -0.304. The first-order chi connectivity index (χ1) is 12.0. The van der Waals surface area contributed by atoms with Crippen molar-refractivity contribution < 1.29 is 14.0 Å². The summed E-state index contributed by atoms with van der Waals surface area (Å²) in [5, 5.41) is 3.90. The summed E-state index contributed by atoms with van der Waals surface area (Å²) >= 11 is 0. The minimum absolute atomic E-state index is 0.160. The van der Waals surface area contributed by atoms with Gasteiger partial charge in [-0.1, -0.05) is 44.2 Å². The van der Waals surface area contributed by atoms with Crippen LogP contribution in [0.2, 0.25) is 0 Å². The highest BCUT2D eigenvalue weighted by Gasteiger charge is 2.21. The van der Waals surface area contributed by atoms with Crippen LogP contribution in [0.25, 0.3) is 11.0 Å². The number of nitrogens with one attached hydrogen (secondary N) is 1. The van der Waals surface area contributed by atoms with Crippen LogP contribution in [-0.2, 0) is 0 Å². The predicted molar refractivity (Wildman–Crippen MR) is 96.2 cm³/mol. The SMILES string of the molecule is CC(C)[C@@H](NC(=O)c1cc2ccccc2o1)c1ccc(C(N)=O)cc1. The van der Waals surface area contributed by atoms with E-state index in [1.807, 2.05) is 50.2 Å². The van der Waals surface area contributed by atoms with Crippen LogP contribution in [-0.4, -0.2) is 11.8 Å². The molecule has 3 aromatic rings. The zero-order valence-electron chi connectivity index (χ0n) is 14.2. The Hall–Kier alpha value is -3.08. The second-order valence-corrected chi connectivity index (χ2v) is 6.33. The van der Waals surface area contributed by atoms with Crippen molar-refractivity contribution in [2.45, 2.75) is 19.9 Å². The van der Waals surface area contributed by atoms with Gasteiger partial charge in [0.25, 0.3) is 5.91 Å². The number of primary amides is 1. The number of para-hydroxylation sites is 1. The van der Waals surface area contributed by atoms with Gasteiger partial charge in [0.1, 0.15) is 5.58 Å². The minimum atomic E-state index is -0.473. The molecule has 0 aliphatic carbocycles. The molecular weight excluding hydrogens is 316 g/mol. The summed E-state index contributed by atoms with van der Waals surface area (Å²) in [6, 6.07) is 16.0. The second kappa shape index (κ2) is 6.81. The van der Waals surface area contributed by atoms with E-state index in [9.17, 15) is 9.59 Å². The Morgan fingerprint density at radius 3 is 2.32 bits per heavy atom. The number of amides is 2. The van der Waals surface area contributed by atoms with Crippen LogP contribution in [0.1, 0.15) is 46.4 Å². The lowest BCUT2D eigenvalue weighted by Gasteiger charge is -2.22. The Bertz CT molecular complexity index is 877. The lowest BCUT2D eigenvalue weighted by Crippen LogP contribution is -2.31. The molecule has 3 N–H and O–H groups in total.